The van der Waals surface area contributed by atoms with Crippen molar-refractivity contribution in [2.45, 2.75) is 19.8 Å². The van der Waals surface area contributed by atoms with Crippen LogP contribution in [0.3, 0.4) is 0 Å². The molecule has 4 rings (SSSR count). The highest BCUT2D eigenvalue weighted by molar-refractivity contribution is 6.05. The lowest BCUT2D eigenvalue weighted by atomic mass is 9.99. The van der Waals surface area contributed by atoms with Gasteiger partial charge in [-0.25, -0.2) is 4.98 Å². The van der Waals surface area contributed by atoms with E-state index in [9.17, 15) is 4.79 Å². The first-order valence-electron chi connectivity index (χ1n) is 9.18. The first kappa shape index (κ1) is 17.2. The number of pyridine rings is 2. The van der Waals surface area contributed by atoms with E-state index in [-0.39, 0.29) is 5.91 Å². The molecule has 27 heavy (non-hydrogen) atoms. The fraction of sp³-hybridized carbons (Fsp3) is 0.300. The summed E-state index contributed by atoms with van der Waals surface area (Å²) in [6, 6.07) is 9.32. The topological polar surface area (TPSA) is 86.8 Å². The molecule has 0 aromatic carbocycles. The van der Waals surface area contributed by atoms with Crippen LogP contribution in [0.25, 0.3) is 11.4 Å². The fourth-order valence-corrected chi connectivity index (χ4v) is 3.23. The summed E-state index contributed by atoms with van der Waals surface area (Å²) in [4.78, 5) is 23.7. The molecule has 3 aromatic heterocycles. The molecule has 1 aliphatic rings. The van der Waals surface area contributed by atoms with Crippen LogP contribution in [-0.2, 0) is 0 Å². The van der Waals surface area contributed by atoms with Gasteiger partial charge in [-0.3, -0.25) is 14.9 Å². The molecule has 7 heteroatoms. The van der Waals surface area contributed by atoms with Gasteiger partial charge in [0.25, 0.3) is 5.91 Å². The molecule has 0 bridgehead atoms. The summed E-state index contributed by atoms with van der Waals surface area (Å²) in [5.74, 6) is 1.48. The van der Waals surface area contributed by atoms with Gasteiger partial charge < -0.3 is 10.2 Å². The predicted octanol–water partition coefficient (Wildman–Crippen LogP) is 3.36. The van der Waals surface area contributed by atoms with E-state index in [4.69, 9.17) is 0 Å². The smallest absolute Gasteiger partial charge is 0.257 e. The molecular formula is C20H22N6O. The van der Waals surface area contributed by atoms with E-state index in [0.29, 0.717) is 16.9 Å². The van der Waals surface area contributed by atoms with E-state index in [1.54, 1.807) is 18.6 Å². The van der Waals surface area contributed by atoms with Crippen LogP contribution in [0.15, 0.2) is 48.9 Å². The van der Waals surface area contributed by atoms with Crippen LogP contribution in [0.1, 0.15) is 30.1 Å². The highest BCUT2D eigenvalue weighted by Gasteiger charge is 2.18. The molecule has 0 atom stereocenters. The summed E-state index contributed by atoms with van der Waals surface area (Å²) in [5, 5.41) is 9.79. The van der Waals surface area contributed by atoms with E-state index in [0.717, 1.165) is 30.5 Å². The molecule has 4 heterocycles. The van der Waals surface area contributed by atoms with Gasteiger partial charge in [0.15, 0.2) is 0 Å². The summed E-state index contributed by atoms with van der Waals surface area (Å²) < 4.78 is 0. The van der Waals surface area contributed by atoms with Gasteiger partial charge in [0, 0.05) is 25.5 Å². The number of hydrogen-bond donors (Lipinski definition) is 2. The SMILES string of the molecule is CC1CCN(c2ccc(C(=O)Nc3cn[nH]c3-c3ccccn3)cn2)CC1. The third-order valence-corrected chi connectivity index (χ3v) is 4.93. The molecule has 3 aromatic rings. The lowest BCUT2D eigenvalue weighted by Crippen LogP contribution is -2.33. The maximum atomic E-state index is 12.6. The Bertz CT molecular complexity index is 898. The average molecular weight is 362 g/mol. The first-order valence-corrected chi connectivity index (χ1v) is 9.18. The summed E-state index contributed by atoms with van der Waals surface area (Å²) >= 11 is 0. The minimum absolute atomic E-state index is 0.222. The van der Waals surface area contributed by atoms with Crippen molar-refractivity contribution in [2.75, 3.05) is 23.3 Å². The maximum Gasteiger partial charge on any atom is 0.257 e. The lowest BCUT2D eigenvalue weighted by molar-refractivity contribution is 0.102. The maximum absolute atomic E-state index is 12.6. The minimum atomic E-state index is -0.222. The minimum Gasteiger partial charge on any atom is -0.357 e. The molecule has 0 aliphatic carbocycles. The second-order valence-corrected chi connectivity index (χ2v) is 6.90. The van der Waals surface area contributed by atoms with Crippen LogP contribution in [0, 0.1) is 5.92 Å². The van der Waals surface area contributed by atoms with Gasteiger partial charge >= 0.3 is 0 Å². The Balaban J connectivity index is 1.46. The van der Waals surface area contributed by atoms with E-state index in [2.05, 4.69) is 37.3 Å². The largest absolute Gasteiger partial charge is 0.357 e. The Morgan fingerprint density at radius 1 is 1.15 bits per heavy atom. The highest BCUT2D eigenvalue weighted by Crippen LogP contribution is 2.24. The number of aromatic nitrogens is 4. The second kappa shape index (κ2) is 7.57. The van der Waals surface area contributed by atoms with Crippen molar-refractivity contribution in [2.24, 2.45) is 5.92 Å². The quantitative estimate of drug-likeness (QED) is 0.743. The Morgan fingerprint density at radius 2 is 2.00 bits per heavy atom. The number of piperidine rings is 1. The monoisotopic (exact) mass is 362 g/mol. The number of carbonyl (C=O) groups excluding carboxylic acids is 1. The molecule has 1 amide bonds. The molecule has 0 unspecified atom stereocenters. The van der Waals surface area contributed by atoms with E-state index >= 15 is 0 Å². The Hall–Kier alpha value is -3.22. The number of rotatable bonds is 4. The number of nitrogens with zero attached hydrogens (tertiary/aromatic N) is 4. The van der Waals surface area contributed by atoms with Gasteiger partial charge in [0.05, 0.1) is 23.1 Å². The van der Waals surface area contributed by atoms with Crippen molar-refractivity contribution in [3.63, 3.8) is 0 Å². The Morgan fingerprint density at radius 3 is 2.70 bits per heavy atom. The van der Waals surface area contributed by atoms with Crippen LogP contribution in [0.2, 0.25) is 0 Å². The molecular weight excluding hydrogens is 340 g/mol. The molecule has 0 radical (unpaired) electrons. The van der Waals surface area contributed by atoms with Crippen molar-refractivity contribution in [1.82, 2.24) is 20.2 Å². The van der Waals surface area contributed by atoms with Gasteiger partial charge in [-0.15, -0.1) is 0 Å². The van der Waals surface area contributed by atoms with Gasteiger partial charge in [0.2, 0.25) is 0 Å². The van der Waals surface area contributed by atoms with Crippen LogP contribution in [0.5, 0.6) is 0 Å². The molecule has 0 saturated carbocycles. The summed E-state index contributed by atoms with van der Waals surface area (Å²) in [6.45, 7) is 4.32. The molecule has 1 saturated heterocycles. The summed E-state index contributed by atoms with van der Waals surface area (Å²) in [6.07, 6.45) is 7.27. The number of amides is 1. The fourth-order valence-electron chi connectivity index (χ4n) is 3.23. The van der Waals surface area contributed by atoms with Crippen molar-refractivity contribution < 1.29 is 4.79 Å². The van der Waals surface area contributed by atoms with Crippen LogP contribution in [-0.4, -0.2) is 39.2 Å². The van der Waals surface area contributed by atoms with Gasteiger partial charge in [-0.2, -0.15) is 5.10 Å². The zero-order valence-corrected chi connectivity index (χ0v) is 15.2. The summed E-state index contributed by atoms with van der Waals surface area (Å²) in [7, 11) is 0. The number of nitrogens with one attached hydrogen (secondary N) is 2. The molecule has 7 nitrogen and oxygen atoms in total. The average Bonchev–Trinajstić information content (AvgIpc) is 3.17. The normalized spacial score (nSPS) is 14.9. The van der Waals surface area contributed by atoms with Crippen LogP contribution in [0.4, 0.5) is 11.5 Å². The molecule has 0 spiro atoms. The third-order valence-electron chi connectivity index (χ3n) is 4.93. The molecule has 1 aliphatic heterocycles. The molecule has 2 N–H and O–H groups in total. The van der Waals surface area contributed by atoms with E-state index in [1.165, 1.54) is 12.8 Å². The second-order valence-electron chi connectivity index (χ2n) is 6.90. The van der Waals surface area contributed by atoms with Gasteiger partial charge in [0.1, 0.15) is 11.5 Å². The van der Waals surface area contributed by atoms with Crippen molar-refractivity contribution in [3.05, 3.63) is 54.5 Å². The Labute approximate surface area is 157 Å². The zero-order chi connectivity index (χ0) is 18.6. The number of carbonyl (C=O) groups is 1. The zero-order valence-electron chi connectivity index (χ0n) is 15.2. The highest BCUT2D eigenvalue weighted by atomic mass is 16.1. The number of anilines is 2. The number of aromatic amines is 1. The van der Waals surface area contributed by atoms with E-state index < -0.39 is 0 Å². The molecule has 1 fully saturated rings. The van der Waals surface area contributed by atoms with Crippen molar-refractivity contribution in [3.8, 4) is 11.4 Å². The van der Waals surface area contributed by atoms with Crippen molar-refractivity contribution >= 4 is 17.4 Å². The first-order chi connectivity index (χ1) is 13.2. The van der Waals surface area contributed by atoms with Gasteiger partial charge in [-0.1, -0.05) is 13.0 Å². The van der Waals surface area contributed by atoms with Crippen molar-refractivity contribution in [1.29, 1.82) is 0 Å². The predicted molar refractivity (Wildman–Crippen MR) is 105 cm³/mol. The molecule has 138 valence electrons. The Kier molecular flexibility index (Phi) is 4.82. The number of H-pyrrole nitrogens is 1. The summed E-state index contributed by atoms with van der Waals surface area (Å²) in [5.41, 5.74) is 2.50. The standard InChI is InChI=1S/C20H22N6O/c1-14-7-10-26(11-8-14)18-6-5-15(12-22-18)20(27)24-17-13-23-25-19(17)16-4-2-3-9-21-16/h2-6,9,12-14H,7-8,10-11H2,1H3,(H,23,25)(H,24,27). The van der Waals surface area contributed by atoms with E-state index in [1.807, 2.05) is 30.3 Å². The third kappa shape index (κ3) is 3.81. The van der Waals surface area contributed by atoms with Gasteiger partial charge in [-0.05, 0) is 43.0 Å². The lowest BCUT2D eigenvalue weighted by Gasteiger charge is -2.31. The number of hydrogen-bond acceptors (Lipinski definition) is 5. The van der Waals surface area contributed by atoms with Crippen LogP contribution < -0.4 is 10.2 Å². The van der Waals surface area contributed by atoms with Crippen LogP contribution >= 0.6 is 0 Å².